The molecular weight excluding hydrogens is 554 g/mol. The van der Waals surface area contributed by atoms with Crippen LogP contribution >= 0.6 is 23.4 Å². The summed E-state index contributed by atoms with van der Waals surface area (Å²) >= 11 is 8.11. The molecule has 2 unspecified atom stereocenters. The van der Waals surface area contributed by atoms with Crippen molar-refractivity contribution in [1.29, 1.82) is 5.26 Å². The fraction of sp³-hybridized carbons (Fsp3) is 0.200. The Hall–Kier alpha value is -4.30. The van der Waals surface area contributed by atoms with E-state index in [1.165, 1.54) is 0 Å². The largest absolute Gasteiger partial charge is 0.319 e. The number of nitrogens with zero attached hydrogens (tertiary/aromatic N) is 8. The molecule has 1 saturated heterocycles. The third-order valence-corrected chi connectivity index (χ3v) is 6.74. The first-order chi connectivity index (χ1) is 19.9. The maximum atomic E-state index is 9.30. The molecule has 1 aliphatic heterocycles. The maximum Gasteiger partial charge on any atom is 0.246 e. The van der Waals surface area contributed by atoms with E-state index in [0.29, 0.717) is 27.2 Å². The SMILES string of the molecule is C=C/C=c1\c(=C/C2NC2(c2ccc(C#N)cc2)c2nncn2C)c(-c2cccc(Cl)c2)nc(=NC)n1N=C.CSC. The van der Waals surface area contributed by atoms with Gasteiger partial charge in [-0.2, -0.15) is 26.8 Å². The van der Waals surface area contributed by atoms with Crippen LogP contribution in [0.4, 0.5) is 0 Å². The van der Waals surface area contributed by atoms with Crippen LogP contribution in [-0.4, -0.2) is 56.7 Å². The van der Waals surface area contributed by atoms with Gasteiger partial charge in [0.1, 0.15) is 11.9 Å². The van der Waals surface area contributed by atoms with Crippen molar-refractivity contribution >= 4 is 42.2 Å². The standard InChI is InChI=1S/C28H24ClN9.C2H6S/c1-5-7-23-22(25(19-8-6-9-21(29)14-19)34-27(31-2)38(23)32-3)15-24-28(35-24,26-36-33-17-37(26)4)20-12-10-18(16-30)11-13-20;1-3-2/h5-15,17,24,35H,1,3H2,2,4H3;1-2H3/b22-15+,23-7+,31-27?;. The number of aromatic nitrogens is 5. The Bertz CT molecular complexity index is 1820. The van der Waals surface area contributed by atoms with Crippen molar-refractivity contribution in [3.8, 4) is 17.3 Å². The van der Waals surface area contributed by atoms with E-state index in [-0.39, 0.29) is 6.04 Å². The lowest BCUT2D eigenvalue weighted by Crippen LogP contribution is -2.45. The van der Waals surface area contributed by atoms with E-state index in [0.717, 1.165) is 22.2 Å². The normalized spacial score (nSPS) is 18.8. The number of hydrogen-bond donors (Lipinski definition) is 1. The number of halogens is 1. The minimum Gasteiger partial charge on any atom is -0.319 e. The van der Waals surface area contributed by atoms with E-state index in [2.05, 4.69) is 51.0 Å². The fourth-order valence-corrected chi connectivity index (χ4v) is 4.90. The molecule has 0 aliphatic carbocycles. The Balaban J connectivity index is 0.00000124. The number of rotatable bonds is 6. The van der Waals surface area contributed by atoms with Crippen molar-refractivity contribution in [1.82, 2.24) is 29.7 Å². The highest BCUT2D eigenvalue weighted by atomic mass is 35.5. The lowest BCUT2D eigenvalue weighted by Gasteiger charge is -2.15. The molecule has 1 aliphatic rings. The second-order valence-corrected chi connectivity index (χ2v) is 10.4. The van der Waals surface area contributed by atoms with Crippen molar-refractivity contribution in [3.63, 3.8) is 0 Å². The molecule has 5 rings (SSSR count). The molecule has 9 nitrogen and oxygen atoms in total. The summed E-state index contributed by atoms with van der Waals surface area (Å²) in [5.41, 5.74) is 2.76. The summed E-state index contributed by atoms with van der Waals surface area (Å²) in [6, 6.07) is 17.0. The van der Waals surface area contributed by atoms with E-state index >= 15 is 0 Å². The summed E-state index contributed by atoms with van der Waals surface area (Å²) < 4.78 is 3.46. The molecule has 0 radical (unpaired) electrons. The maximum absolute atomic E-state index is 9.30. The van der Waals surface area contributed by atoms with E-state index in [4.69, 9.17) is 16.6 Å². The van der Waals surface area contributed by atoms with Gasteiger partial charge in [-0.1, -0.05) is 54.6 Å². The first-order valence-corrected chi connectivity index (χ1v) is 14.6. The van der Waals surface area contributed by atoms with Crippen molar-refractivity contribution in [2.45, 2.75) is 11.6 Å². The van der Waals surface area contributed by atoms with Crippen LogP contribution in [-0.2, 0) is 12.6 Å². The highest BCUT2D eigenvalue weighted by Gasteiger charge is 2.58. The van der Waals surface area contributed by atoms with Gasteiger partial charge >= 0.3 is 0 Å². The molecule has 208 valence electrons. The summed E-state index contributed by atoms with van der Waals surface area (Å²) in [4.78, 5) is 9.17. The smallest absolute Gasteiger partial charge is 0.246 e. The predicted molar refractivity (Wildman–Crippen MR) is 167 cm³/mol. The number of benzene rings is 2. The molecule has 11 heteroatoms. The third kappa shape index (κ3) is 5.79. The summed E-state index contributed by atoms with van der Waals surface area (Å²) in [7, 11) is 3.56. The molecule has 0 bridgehead atoms. The highest BCUT2D eigenvalue weighted by Crippen LogP contribution is 2.44. The molecule has 2 atom stereocenters. The molecular formula is C30H30ClN9S. The third-order valence-electron chi connectivity index (χ3n) is 6.51. The van der Waals surface area contributed by atoms with Crippen molar-refractivity contribution in [2.75, 3.05) is 19.6 Å². The molecule has 1 fully saturated rings. The minimum absolute atomic E-state index is 0.197. The van der Waals surface area contributed by atoms with Gasteiger partial charge in [0.2, 0.25) is 5.62 Å². The lowest BCUT2D eigenvalue weighted by molar-refractivity contribution is 0.672. The molecule has 4 aromatic rings. The fourth-order valence-electron chi connectivity index (χ4n) is 4.71. The zero-order valence-electron chi connectivity index (χ0n) is 23.3. The van der Waals surface area contributed by atoms with Gasteiger partial charge < -0.3 is 4.57 Å². The molecule has 0 amide bonds. The first kappa shape index (κ1) is 29.7. The number of aryl methyl sites for hydroxylation is 1. The van der Waals surface area contributed by atoms with Crippen LogP contribution in [0.1, 0.15) is 17.0 Å². The lowest BCUT2D eigenvalue weighted by atomic mass is 9.92. The Morgan fingerprint density at radius 2 is 1.95 bits per heavy atom. The van der Waals surface area contributed by atoms with Gasteiger partial charge in [-0.3, -0.25) is 10.3 Å². The molecule has 0 spiro atoms. The quantitative estimate of drug-likeness (QED) is 0.275. The minimum atomic E-state index is -0.670. The van der Waals surface area contributed by atoms with Gasteiger partial charge in [-0.05, 0) is 48.4 Å². The molecule has 3 heterocycles. The van der Waals surface area contributed by atoms with E-state index in [9.17, 15) is 5.26 Å². The van der Waals surface area contributed by atoms with Gasteiger partial charge in [0.05, 0.1) is 28.7 Å². The van der Waals surface area contributed by atoms with E-state index < -0.39 is 5.54 Å². The first-order valence-electron chi connectivity index (χ1n) is 12.5. The van der Waals surface area contributed by atoms with Crippen LogP contribution in [0.15, 0.2) is 77.6 Å². The average molecular weight is 584 g/mol. The monoisotopic (exact) mass is 583 g/mol. The number of hydrogen-bond acceptors (Lipinski definition) is 8. The van der Waals surface area contributed by atoms with Crippen LogP contribution in [0.25, 0.3) is 23.4 Å². The van der Waals surface area contributed by atoms with Crippen LogP contribution in [0, 0.1) is 11.3 Å². The summed E-state index contributed by atoms with van der Waals surface area (Å²) in [5.74, 6) is 0.741. The average Bonchev–Trinajstić information content (AvgIpc) is 3.53. The topological polar surface area (TPSA) is 119 Å². The van der Waals surface area contributed by atoms with Crippen molar-refractivity contribution < 1.29 is 0 Å². The van der Waals surface area contributed by atoms with Crippen LogP contribution in [0.3, 0.4) is 0 Å². The van der Waals surface area contributed by atoms with Gasteiger partial charge in [0, 0.05) is 36.6 Å². The molecule has 41 heavy (non-hydrogen) atoms. The number of allylic oxidation sites excluding steroid dienone is 1. The number of nitrogens with one attached hydrogen (secondary N) is 1. The Morgan fingerprint density at radius 1 is 1.22 bits per heavy atom. The van der Waals surface area contributed by atoms with Crippen molar-refractivity contribution in [2.24, 2.45) is 17.1 Å². The second-order valence-electron chi connectivity index (χ2n) is 9.11. The molecule has 1 N–H and O–H groups in total. The van der Waals surface area contributed by atoms with E-state index in [1.807, 2.05) is 66.6 Å². The second kappa shape index (κ2) is 12.9. The van der Waals surface area contributed by atoms with Gasteiger partial charge in [-0.25, -0.2) is 4.98 Å². The summed E-state index contributed by atoms with van der Waals surface area (Å²) in [6.07, 6.45) is 11.4. The van der Waals surface area contributed by atoms with Crippen molar-refractivity contribution in [3.05, 3.63) is 106 Å². The molecule has 0 saturated carbocycles. The van der Waals surface area contributed by atoms with Crippen LogP contribution < -0.4 is 21.5 Å². The van der Waals surface area contributed by atoms with E-state index in [1.54, 1.807) is 48.0 Å². The Labute approximate surface area is 248 Å². The molecule has 2 aromatic heterocycles. The summed E-state index contributed by atoms with van der Waals surface area (Å²) in [6.45, 7) is 7.64. The number of thioether (sulfide) groups is 1. The van der Waals surface area contributed by atoms with Gasteiger partial charge in [-0.15, -0.1) is 10.2 Å². The van der Waals surface area contributed by atoms with Gasteiger partial charge in [0.25, 0.3) is 0 Å². The summed E-state index contributed by atoms with van der Waals surface area (Å²) in [5, 5.41) is 27.8. The predicted octanol–water partition coefficient (Wildman–Crippen LogP) is 2.84. The van der Waals surface area contributed by atoms with Gasteiger partial charge in [0.15, 0.2) is 5.82 Å². The highest BCUT2D eigenvalue weighted by molar-refractivity contribution is 7.97. The molecule has 2 aromatic carbocycles. The Morgan fingerprint density at radius 3 is 2.51 bits per heavy atom. The number of nitriles is 1. The van der Waals surface area contributed by atoms with Crippen LogP contribution in [0.2, 0.25) is 5.02 Å². The van der Waals surface area contributed by atoms with Crippen LogP contribution in [0.5, 0.6) is 0 Å². The zero-order valence-corrected chi connectivity index (χ0v) is 24.9. The zero-order chi connectivity index (χ0) is 29.6. The Kier molecular flexibility index (Phi) is 9.35.